The average Bonchev–Trinajstić information content (AvgIpc) is 2.49. The molecule has 0 radical (unpaired) electrons. The Labute approximate surface area is 125 Å². The highest BCUT2D eigenvalue weighted by Gasteiger charge is 2.28. The Morgan fingerprint density at radius 1 is 1.10 bits per heavy atom. The first kappa shape index (κ1) is 13.5. The molecule has 2 atom stereocenters. The number of alkyl halides is 1. The van der Waals surface area contributed by atoms with Crippen LogP contribution < -0.4 is 4.74 Å². The summed E-state index contributed by atoms with van der Waals surface area (Å²) in [6.45, 7) is 5.02. The smallest absolute Gasteiger partial charge is 0.122 e. The van der Waals surface area contributed by atoms with Gasteiger partial charge in [-0.3, -0.25) is 0 Å². The Morgan fingerprint density at radius 3 is 2.70 bits per heavy atom. The Kier molecular flexibility index (Phi) is 3.71. The van der Waals surface area contributed by atoms with E-state index >= 15 is 0 Å². The quantitative estimate of drug-likeness (QED) is 0.694. The number of rotatable bonds is 2. The molecule has 0 aromatic heterocycles. The van der Waals surface area contributed by atoms with Crippen LogP contribution in [0.5, 0.6) is 5.75 Å². The number of ether oxygens (including phenoxy) is 1. The molecule has 1 nitrogen and oxygen atoms in total. The minimum Gasteiger partial charge on any atom is -0.493 e. The molecule has 0 aliphatic carbocycles. The molecule has 2 heteroatoms. The van der Waals surface area contributed by atoms with Crippen molar-refractivity contribution >= 4 is 11.6 Å². The van der Waals surface area contributed by atoms with Crippen molar-refractivity contribution in [2.45, 2.75) is 31.6 Å². The van der Waals surface area contributed by atoms with Gasteiger partial charge in [0.25, 0.3) is 0 Å². The summed E-state index contributed by atoms with van der Waals surface area (Å²) in [5.74, 6) is 1.31. The van der Waals surface area contributed by atoms with Gasteiger partial charge in [-0.25, -0.2) is 0 Å². The summed E-state index contributed by atoms with van der Waals surface area (Å²) in [4.78, 5) is 0. The number of fused-ring (bicyclic) bond motifs is 1. The maximum Gasteiger partial charge on any atom is 0.122 e. The van der Waals surface area contributed by atoms with E-state index in [1.807, 2.05) is 12.1 Å². The first-order valence-electron chi connectivity index (χ1n) is 7.10. The zero-order valence-corrected chi connectivity index (χ0v) is 12.7. The number of hydrogen-bond donors (Lipinski definition) is 0. The second-order valence-corrected chi connectivity index (χ2v) is 6.00. The molecule has 2 aromatic rings. The lowest BCUT2D eigenvalue weighted by molar-refractivity contribution is 0.265. The fourth-order valence-corrected chi connectivity index (χ4v) is 3.24. The van der Waals surface area contributed by atoms with Crippen LogP contribution in [-0.4, -0.2) is 6.61 Å². The highest BCUT2D eigenvalue weighted by atomic mass is 35.5. The first-order chi connectivity index (χ1) is 9.66. The van der Waals surface area contributed by atoms with Crippen LogP contribution in [0.4, 0.5) is 0 Å². The van der Waals surface area contributed by atoms with E-state index in [1.54, 1.807) is 0 Å². The fourth-order valence-electron chi connectivity index (χ4n) is 2.84. The Balaban J connectivity index is 1.95. The zero-order chi connectivity index (χ0) is 14.1. The van der Waals surface area contributed by atoms with Crippen LogP contribution >= 0.6 is 11.6 Å². The zero-order valence-electron chi connectivity index (χ0n) is 11.9. The van der Waals surface area contributed by atoms with Crippen LogP contribution in [0.1, 0.15) is 40.0 Å². The molecule has 1 aliphatic heterocycles. The van der Waals surface area contributed by atoms with Gasteiger partial charge in [-0.15, -0.1) is 11.6 Å². The van der Waals surface area contributed by atoms with Crippen LogP contribution in [0.2, 0.25) is 0 Å². The van der Waals surface area contributed by atoms with E-state index in [0.717, 1.165) is 18.8 Å². The number of hydrogen-bond acceptors (Lipinski definition) is 1. The van der Waals surface area contributed by atoms with Crippen molar-refractivity contribution < 1.29 is 4.74 Å². The van der Waals surface area contributed by atoms with Gasteiger partial charge in [0.15, 0.2) is 0 Å². The summed E-state index contributed by atoms with van der Waals surface area (Å²) in [7, 11) is 0. The lowest BCUT2D eigenvalue weighted by Crippen LogP contribution is -2.17. The maximum absolute atomic E-state index is 6.78. The summed E-state index contributed by atoms with van der Waals surface area (Å²) in [6, 6.07) is 14.8. The summed E-state index contributed by atoms with van der Waals surface area (Å²) in [5.41, 5.74) is 5.05. The van der Waals surface area contributed by atoms with Crippen molar-refractivity contribution in [1.82, 2.24) is 0 Å². The second kappa shape index (κ2) is 5.49. The minimum absolute atomic E-state index is 0.000602. The molecule has 0 saturated heterocycles. The molecule has 0 saturated carbocycles. The molecular weight excluding hydrogens is 268 g/mol. The molecule has 0 spiro atoms. The first-order valence-corrected chi connectivity index (χ1v) is 7.53. The van der Waals surface area contributed by atoms with Gasteiger partial charge in [-0.1, -0.05) is 36.4 Å². The van der Waals surface area contributed by atoms with Crippen LogP contribution in [-0.2, 0) is 0 Å². The molecular formula is C18H19ClO. The average molecular weight is 287 g/mol. The molecule has 2 aromatic carbocycles. The number of aryl methyl sites for hydroxylation is 2. The SMILES string of the molecule is Cc1ccc(C(Cl)C2CCOc3ccccc32)cc1C. The van der Waals surface area contributed by atoms with E-state index in [4.69, 9.17) is 16.3 Å². The van der Waals surface area contributed by atoms with Crippen LogP contribution in [0.3, 0.4) is 0 Å². The molecule has 0 bridgehead atoms. The minimum atomic E-state index is -0.000602. The highest BCUT2D eigenvalue weighted by molar-refractivity contribution is 6.21. The third kappa shape index (κ3) is 2.43. The molecule has 2 unspecified atom stereocenters. The second-order valence-electron chi connectivity index (χ2n) is 5.53. The van der Waals surface area contributed by atoms with Gasteiger partial charge in [-0.2, -0.15) is 0 Å². The normalized spacial score (nSPS) is 19.1. The Morgan fingerprint density at radius 2 is 1.90 bits per heavy atom. The molecule has 0 fully saturated rings. The van der Waals surface area contributed by atoms with E-state index in [0.29, 0.717) is 5.92 Å². The van der Waals surface area contributed by atoms with Crippen LogP contribution in [0.15, 0.2) is 42.5 Å². The van der Waals surface area contributed by atoms with Crippen molar-refractivity contribution in [2.24, 2.45) is 0 Å². The molecule has 1 aliphatic rings. The fraction of sp³-hybridized carbons (Fsp3) is 0.333. The number of halogens is 1. The lowest BCUT2D eigenvalue weighted by Gasteiger charge is -2.29. The van der Waals surface area contributed by atoms with Gasteiger partial charge in [0.2, 0.25) is 0 Å². The van der Waals surface area contributed by atoms with Gasteiger partial charge in [0, 0.05) is 5.92 Å². The topological polar surface area (TPSA) is 9.23 Å². The summed E-state index contributed by atoms with van der Waals surface area (Å²) in [6.07, 6.45) is 0.970. The van der Waals surface area contributed by atoms with Gasteiger partial charge in [0.1, 0.15) is 5.75 Å². The molecule has 20 heavy (non-hydrogen) atoms. The van der Waals surface area contributed by atoms with Crippen LogP contribution in [0, 0.1) is 13.8 Å². The Bertz CT molecular complexity index is 621. The van der Waals surface area contributed by atoms with Gasteiger partial charge < -0.3 is 4.74 Å². The third-order valence-corrected chi connectivity index (χ3v) is 4.76. The van der Waals surface area contributed by atoms with E-state index in [1.165, 1.54) is 22.3 Å². The number of benzene rings is 2. The monoisotopic (exact) mass is 286 g/mol. The molecule has 1 heterocycles. The van der Waals surface area contributed by atoms with Gasteiger partial charge >= 0.3 is 0 Å². The van der Waals surface area contributed by atoms with E-state index in [9.17, 15) is 0 Å². The predicted octanol–water partition coefficient (Wildman–Crippen LogP) is 5.15. The number of para-hydroxylation sites is 1. The highest BCUT2D eigenvalue weighted by Crippen LogP contribution is 2.44. The van der Waals surface area contributed by atoms with Crippen molar-refractivity contribution in [3.05, 3.63) is 64.7 Å². The molecule has 0 amide bonds. The largest absolute Gasteiger partial charge is 0.493 e. The Hall–Kier alpha value is -1.47. The van der Waals surface area contributed by atoms with Crippen molar-refractivity contribution in [3.63, 3.8) is 0 Å². The summed E-state index contributed by atoms with van der Waals surface area (Å²) < 4.78 is 5.72. The standard InChI is InChI=1S/C18H19ClO/c1-12-7-8-14(11-13(12)2)18(19)16-9-10-20-17-6-4-3-5-15(16)17/h3-8,11,16,18H,9-10H2,1-2H3. The maximum atomic E-state index is 6.78. The lowest BCUT2D eigenvalue weighted by atomic mass is 9.86. The van der Waals surface area contributed by atoms with E-state index in [2.05, 4.69) is 44.2 Å². The van der Waals surface area contributed by atoms with Gasteiger partial charge in [0.05, 0.1) is 12.0 Å². The van der Waals surface area contributed by atoms with Crippen molar-refractivity contribution in [3.8, 4) is 5.75 Å². The van der Waals surface area contributed by atoms with Crippen molar-refractivity contribution in [2.75, 3.05) is 6.61 Å². The van der Waals surface area contributed by atoms with E-state index < -0.39 is 0 Å². The third-order valence-electron chi connectivity index (χ3n) is 4.21. The van der Waals surface area contributed by atoms with Crippen LogP contribution in [0.25, 0.3) is 0 Å². The molecule has 0 N–H and O–H groups in total. The van der Waals surface area contributed by atoms with E-state index in [-0.39, 0.29) is 5.38 Å². The van der Waals surface area contributed by atoms with Crippen molar-refractivity contribution in [1.29, 1.82) is 0 Å². The summed E-state index contributed by atoms with van der Waals surface area (Å²) >= 11 is 6.78. The molecule has 3 rings (SSSR count). The summed E-state index contributed by atoms with van der Waals surface area (Å²) in [5, 5.41) is -0.000602. The predicted molar refractivity (Wildman–Crippen MR) is 83.8 cm³/mol. The van der Waals surface area contributed by atoms with Gasteiger partial charge in [-0.05, 0) is 48.6 Å². The molecule has 104 valence electrons.